The maximum Gasteiger partial charge on any atom is 0.416 e. The predicted octanol–water partition coefficient (Wildman–Crippen LogP) is 3.28. The summed E-state index contributed by atoms with van der Waals surface area (Å²) in [7, 11) is 0. The van der Waals surface area contributed by atoms with E-state index in [4.69, 9.17) is 5.11 Å². The van der Waals surface area contributed by atoms with Crippen LogP contribution in [0.2, 0.25) is 0 Å². The molecule has 0 heterocycles. The zero-order valence-electron chi connectivity index (χ0n) is 10.4. The van der Waals surface area contributed by atoms with Crippen molar-refractivity contribution in [1.29, 1.82) is 0 Å². The first-order chi connectivity index (χ1) is 9.01. The van der Waals surface area contributed by atoms with Crippen LogP contribution >= 0.6 is 0 Å². The van der Waals surface area contributed by atoms with E-state index >= 15 is 0 Å². The molecule has 2 N–H and O–H groups in total. The largest absolute Gasteiger partial charge is 0.416 e. The summed E-state index contributed by atoms with van der Waals surface area (Å²) in [4.78, 5) is 0. The van der Waals surface area contributed by atoms with E-state index in [-0.39, 0.29) is 5.56 Å². The van der Waals surface area contributed by atoms with Crippen LogP contribution in [0.1, 0.15) is 24.1 Å². The van der Waals surface area contributed by atoms with Crippen molar-refractivity contribution in [2.24, 2.45) is 0 Å². The van der Waals surface area contributed by atoms with Gasteiger partial charge in [-0.1, -0.05) is 12.1 Å². The molecule has 8 heteroatoms. The van der Waals surface area contributed by atoms with E-state index in [1.54, 1.807) is 0 Å². The molecule has 0 saturated heterocycles. The third-order valence-electron chi connectivity index (χ3n) is 2.71. The predicted molar refractivity (Wildman–Crippen MR) is 59.9 cm³/mol. The second-order valence-electron chi connectivity index (χ2n) is 4.31. The van der Waals surface area contributed by atoms with E-state index in [1.807, 2.05) is 0 Å². The zero-order valence-corrected chi connectivity index (χ0v) is 10.4. The maximum absolute atomic E-state index is 12.5. The molecule has 0 aliphatic carbocycles. The monoisotopic (exact) mass is 301 g/mol. The molecule has 0 spiro atoms. The molecule has 20 heavy (non-hydrogen) atoms. The lowest BCUT2D eigenvalue weighted by atomic mass is 10.0. The Hall–Kier alpha value is -1.28. The number of nitrogens with one attached hydrogen (secondary N) is 1. The molecule has 0 saturated carbocycles. The average molecular weight is 301 g/mol. The van der Waals surface area contributed by atoms with Gasteiger partial charge in [-0.15, -0.1) is 0 Å². The topological polar surface area (TPSA) is 32.3 Å². The number of alkyl halides is 6. The van der Waals surface area contributed by atoms with E-state index in [0.717, 1.165) is 12.1 Å². The van der Waals surface area contributed by atoms with Gasteiger partial charge < -0.3 is 10.4 Å². The number of hydrogen-bond acceptors (Lipinski definition) is 2. The van der Waals surface area contributed by atoms with Crippen LogP contribution in [0.3, 0.4) is 0 Å². The Morgan fingerprint density at radius 2 is 1.75 bits per heavy atom. The fourth-order valence-electron chi connectivity index (χ4n) is 1.51. The van der Waals surface area contributed by atoms with Crippen LogP contribution in [0.4, 0.5) is 26.3 Å². The molecule has 0 fully saturated rings. The summed E-state index contributed by atoms with van der Waals surface area (Å²) in [5, 5.41) is 11.1. The smallest absolute Gasteiger partial charge is 0.382 e. The quantitative estimate of drug-likeness (QED) is 0.837. The van der Waals surface area contributed by atoms with Crippen LogP contribution in [0, 0.1) is 0 Å². The number of hydrogen-bond donors (Lipinski definition) is 2. The molecular formula is C12H13F6NO. The summed E-state index contributed by atoms with van der Waals surface area (Å²) >= 11 is 0. The van der Waals surface area contributed by atoms with Gasteiger partial charge in [0.05, 0.1) is 5.56 Å². The number of aliphatic hydroxyl groups is 1. The first-order valence-electron chi connectivity index (χ1n) is 5.67. The number of rotatable bonds is 4. The fraction of sp³-hybridized carbons (Fsp3) is 0.500. The number of halogens is 6. The Kier molecular flexibility index (Phi) is 5.04. The maximum atomic E-state index is 12.5. The second-order valence-corrected chi connectivity index (χ2v) is 4.31. The van der Waals surface area contributed by atoms with E-state index in [0.29, 0.717) is 0 Å². The van der Waals surface area contributed by atoms with Crippen molar-refractivity contribution in [3.8, 4) is 0 Å². The normalized spacial score (nSPS) is 16.0. The average Bonchev–Trinajstić information content (AvgIpc) is 2.33. The summed E-state index contributed by atoms with van der Waals surface area (Å²) in [6, 6.07) is 3.52. The molecular weight excluding hydrogens is 288 g/mol. The SMILES string of the molecule is CC(NCC(O)C(F)(F)F)c1cccc(C(F)(F)F)c1. The minimum Gasteiger partial charge on any atom is -0.382 e. The van der Waals surface area contributed by atoms with Gasteiger partial charge in [-0.2, -0.15) is 26.3 Å². The fourth-order valence-corrected chi connectivity index (χ4v) is 1.51. The van der Waals surface area contributed by atoms with E-state index in [2.05, 4.69) is 5.32 Å². The van der Waals surface area contributed by atoms with Crippen molar-refractivity contribution in [2.75, 3.05) is 6.54 Å². The number of benzene rings is 1. The molecule has 0 aliphatic rings. The standard InChI is InChI=1S/C12H13F6NO/c1-7(19-6-10(20)12(16,17)18)8-3-2-4-9(5-8)11(13,14)15/h2-5,7,10,19-20H,6H2,1H3. The lowest BCUT2D eigenvalue weighted by molar-refractivity contribution is -0.202. The van der Waals surface area contributed by atoms with Crippen molar-refractivity contribution < 1.29 is 31.4 Å². The van der Waals surface area contributed by atoms with Crippen molar-refractivity contribution in [2.45, 2.75) is 31.4 Å². The van der Waals surface area contributed by atoms with Gasteiger partial charge in [0.25, 0.3) is 0 Å². The lowest BCUT2D eigenvalue weighted by Gasteiger charge is -2.20. The van der Waals surface area contributed by atoms with Gasteiger partial charge in [0, 0.05) is 12.6 Å². The van der Waals surface area contributed by atoms with Crippen LogP contribution < -0.4 is 5.32 Å². The molecule has 2 nitrogen and oxygen atoms in total. The van der Waals surface area contributed by atoms with Crippen molar-refractivity contribution in [1.82, 2.24) is 5.32 Å². The molecule has 1 aromatic carbocycles. The van der Waals surface area contributed by atoms with Gasteiger partial charge in [0.1, 0.15) is 0 Å². The molecule has 0 bridgehead atoms. The summed E-state index contributed by atoms with van der Waals surface area (Å²) < 4.78 is 73.7. The summed E-state index contributed by atoms with van der Waals surface area (Å²) in [6.45, 7) is 0.624. The van der Waals surface area contributed by atoms with E-state index in [9.17, 15) is 26.3 Å². The van der Waals surface area contributed by atoms with Crippen LogP contribution in [0.25, 0.3) is 0 Å². The van der Waals surface area contributed by atoms with Gasteiger partial charge in [-0.3, -0.25) is 0 Å². The van der Waals surface area contributed by atoms with Crippen LogP contribution in [0.5, 0.6) is 0 Å². The van der Waals surface area contributed by atoms with Crippen molar-refractivity contribution >= 4 is 0 Å². The molecule has 114 valence electrons. The zero-order chi connectivity index (χ0) is 15.6. The number of aliphatic hydroxyl groups excluding tert-OH is 1. The Morgan fingerprint density at radius 3 is 2.25 bits per heavy atom. The Bertz CT molecular complexity index is 442. The van der Waals surface area contributed by atoms with Gasteiger partial charge in [-0.25, -0.2) is 0 Å². The van der Waals surface area contributed by atoms with Crippen LogP contribution in [-0.4, -0.2) is 23.9 Å². The highest BCUT2D eigenvalue weighted by Crippen LogP contribution is 2.30. The highest BCUT2D eigenvalue weighted by atomic mass is 19.4. The van der Waals surface area contributed by atoms with Gasteiger partial charge in [-0.05, 0) is 24.6 Å². The third kappa shape index (κ3) is 4.68. The van der Waals surface area contributed by atoms with Crippen LogP contribution in [-0.2, 0) is 6.18 Å². The second kappa shape index (κ2) is 6.01. The first-order valence-corrected chi connectivity index (χ1v) is 5.67. The highest BCUT2D eigenvalue weighted by molar-refractivity contribution is 5.27. The minimum absolute atomic E-state index is 0.189. The molecule has 0 aliphatic heterocycles. The highest BCUT2D eigenvalue weighted by Gasteiger charge is 2.38. The molecule has 2 unspecified atom stereocenters. The summed E-state index contributed by atoms with van der Waals surface area (Å²) in [6.07, 6.45) is -11.8. The first kappa shape index (κ1) is 16.8. The summed E-state index contributed by atoms with van der Waals surface area (Å²) in [5.41, 5.74) is -0.686. The van der Waals surface area contributed by atoms with Crippen molar-refractivity contribution in [3.63, 3.8) is 0 Å². The minimum atomic E-state index is -4.76. The van der Waals surface area contributed by atoms with E-state index in [1.165, 1.54) is 19.1 Å². The van der Waals surface area contributed by atoms with Gasteiger partial charge >= 0.3 is 12.4 Å². The Balaban J connectivity index is 2.71. The molecule has 2 atom stereocenters. The lowest BCUT2D eigenvalue weighted by Crippen LogP contribution is -2.39. The van der Waals surface area contributed by atoms with Gasteiger partial charge in [0.15, 0.2) is 6.10 Å². The molecule has 1 rings (SSSR count). The third-order valence-corrected chi connectivity index (χ3v) is 2.71. The van der Waals surface area contributed by atoms with Gasteiger partial charge in [0.2, 0.25) is 0 Å². The molecule has 0 amide bonds. The van der Waals surface area contributed by atoms with Crippen LogP contribution in [0.15, 0.2) is 24.3 Å². The van der Waals surface area contributed by atoms with Crippen molar-refractivity contribution in [3.05, 3.63) is 35.4 Å². The molecule has 1 aromatic rings. The molecule has 0 radical (unpaired) electrons. The Labute approximate surface area is 111 Å². The molecule has 0 aromatic heterocycles. The van der Waals surface area contributed by atoms with E-state index < -0.39 is 36.6 Å². The Morgan fingerprint density at radius 1 is 1.15 bits per heavy atom. The summed E-state index contributed by atoms with van der Waals surface area (Å²) in [5.74, 6) is 0.